The van der Waals surface area contributed by atoms with Gasteiger partial charge in [0, 0.05) is 18.3 Å². The first-order valence-corrected chi connectivity index (χ1v) is 5.67. The van der Waals surface area contributed by atoms with Crippen molar-refractivity contribution < 1.29 is 9.18 Å². The lowest BCUT2D eigenvalue weighted by Gasteiger charge is -2.21. The summed E-state index contributed by atoms with van der Waals surface area (Å²) in [6, 6.07) is 6.05. The molecule has 0 aliphatic carbocycles. The number of rotatable bonds is 1. The second-order valence-electron chi connectivity index (χ2n) is 4.48. The van der Waals surface area contributed by atoms with Crippen molar-refractivity contribution in [2.24, 2.45) is 0 Å². The average molecular weight is 245 g/mol. The van der Waals surface area contributed by atoms with Gasteiger partial charge in [0.15, 0.2) is 5.69 Å². The number of H-pyrrole nitrogens is 1. The van der Waals surface area contributed by atoms with Crippen molar-refractivity contribution in [3.05, 3.63) is 52.6 Å². The van der Waals surface area contributed by atoms with E-state index in [-0.39, 0.29) is 17.8 Å². The number of aryl methyl sites for hydroxylation is 1. The highest BCUT2D eigenvalue weighted by molar-refractivity contribution is 5.98. The van der Waals surface area contributed by atoms with Gasteiger partial charge in [0.1, 0.15) is 5.82 Å². The zero-order valence-electron chi connectivity index (χ0n) is 10.1. The smallest absolute Gasteiger partial charge is 0.275 e. The molecule has 1 amide bonds. The summed E-state index contributed by atoms with van der Waals surface area (Å²) in [6.45, 7) is 1.87. The molecule has 5 heteroatoms. The van der Waals surface area contributed by atoms with Crippen LogP contribution in [-0.4, -0.2) is 28.1 Å². The lowest BCUT2D eigenvalue weighted by atomic mass is 9.99. The van der Waals surface area contributed by atoms with Crippen LogP contribution in [0.5, 0.6) is 0 Å². The Kier molecular flexibility index (Phi) is 2.23. The van der Waals surface area contributed by atoms with Crippen LogP contribution in [0.4, 0.5) is 4.39 Å². The SMILES string of the molecule is Cc1[nH]nc2c1[C@H](c1cccc(F)c1)N(C)C2=O. The van der Waals surface area contributed by atoms with Crippen molar-refractivity contribution in [2.45, 2.75) is 13.0 Å². The number of halogens is 1. The highest BCUT2D eigenvalue weighted by Gasteiger charge is 2.39. The van der Waals surface area contributed by atoms with Crippen LogP contribution in [0, 0.1) is 12.7 Å². The van der Waals surface area contributed by atoms with Crippen molar-refractivity contribution in [1.82, 2.24) is 15.1 Å². The van der Waals surface area contributed by atoms with E-state index in [4.69, 9.17) is 0 Å². The summed E-state index contributed by atoms with van der Waals surface area (Å²) in [6.07, 6.45) is 0. The van der Waals surface area contributed by atoms with Crippen LogP contribution in [0.3, 0.4) is 0 Å². The molecule has 0 fully saturated rings. The molecule has 0 radical (unpaired) electrons. The van der Waals surface area contributed by atoms with Crippen molar-refractivity contribution in [2.75, 3.05) is 7.05 Å². The number of hydrogen-bond acceptors (Lipinski definition) is 2. The molecule has 1 aliphatic rings. The Morgan fingerprint density at radius 1 is 1.44 bits per heavy atom. The molecule has 1 aromatic heterocycles. The summed E-state index contributed by atoms with van der Waals surface area (Å²) in [4.78, 5) is 13.6. The molecule has 0 saturated carbocycles. The molecule has 92 valence electrons. The second-order valence-corrected chi connectivity index (χ2v) is 4.48. The van der Waals surface area contributed by atoms with E-state index in [9.17, 15) is 9.18 Å². The van der Waals surface area contributed by atoms with E-state index in [1.54, 1.807) is 18.0 Å². The molecule has 2 heterocycles. The monoisotopic (exact) mass is 245 g/mol. The van der Waals surface area contributed by atoms with Gasteiger partial charge in [0.2, 0.25) is 0 Å². The molecule has 0 saturated heterocycles. The molecule has 0 bridgehead atoms. The summed E-state index contributed by atoms with van der Waals surface area (Å²) in [5.41, 5.74) is 2.88. The fourth-order valence-electron chi connectivity index (χ4n) is 2.48. The minimum absolute atomic E-state index is 0.136. The first-order chi connectivity index (χ1) is 8.59. The quantitative estimate of drug-likeness (QED) is 0.835. The number of carbonyl (C=O) groups excluding carboxylic acids is 1. The average Bonchev–Trinajstić information content (AvgIpc) is 2.82. The molecule has 1 N–H and O–H groups in total. The van der Waals surface area contributed by atoms with Crippen molar-refractivity contribution in [3.8, 4) is 0 Å². The van der Waals surface area contributed by atoms with Gasteiger partial charge in [-0.2, -0.15) is 5.10 Å². The Morgan fingerprint density at radius 3 is 2.94 bits per heavy atom. The number of amides is 1. The number of benzene rings is 1. The number of aromatic nitrogens is 2. The lowest BCUT2D eigenvalue weighted by molar-refractivity contribution is 0.0787. The van der Waals surface area contributed by atoms with Crippen LogP contribution in [0.15, 0.2) is 24.3 Å². The van der Waals surface area contributed by atoms with Gasteiger partial charge in [-0.15, -0.1) is 0 Å². The normalized spacial score (nSPS) is 18.3. The van der Waals surface area contributed by atoms with E-state index in [0.29, 0.717) is 5.69 Å². The van der Waals surface area contributed by atoms with E-state index in [1.807, 2.05) is 13.0 Å². The molecular formula is C13H12FN3O. The first-order valence-electron chi connectivity index (χ1n) is 5.67. The summed E-state index contributed by atoms with van der Waals surface area (Å²) >= 11 is 0. The summed E-state index contributed by atoms with van der Waals surface area (Å²) in [7, 11) is 1.71. The van der Waals surface area contributed by atoms with Gasteiger partial charge in [-0.3, -0.25) is 9.89 Å². The van der Waals surface area contributed by atoms with Crippen molar-refractivity contribution in [1.29, 1.82) is 0 Å². The number of carbonyl (C=O) groups is 1. The van der Waals surface area contributed by atoms with E-state index >= 15 is 0 Å². The van der Waals surface area contributed by atoms with E-state index in [2.05, 4.69) is 10.2 Å². The molecule has 3 rings (SSSR count). The fourth-order valence-corrected chi connectivity index (χ4v) is 2.48. The van der Waals surface area contributed by atoms with Crippen LogP contribution in [0.1, 0.15) is 33.4 Å². The third kappa shape index (κ3) is 1.37. The third-order valence-corrected chi connectivity index (χ3v) is 3.34. The lowest BCUT2D eigenvalue weighted by Crippen LogP contribution is -2.24. The molecule has 0 unspecified atom stereocenters. The maximum atomic E-state index is 13.3. The molecule has 4 nitrogen and oxygen atoms in total. The number of nitrogens with one attached hydrogen (secondary N) is 1. The molecule has 18 heavy (non-hydrogen) atoms. The van der Waals surface area contributed by atoms with E-state index < -0.39 is 0 Å². The van der Waals surface area contributed by atoms with Gasteiger partial charge in [-0.1, -0.05) is 12.1 Å². The zero-order valence-corrected chi connectivity index (χ0v) is 10.1. The molecule has 0 spiro atoms. The molecule has 1 aliphatic heterocycles. The summed E-state index contributed by atoms with van der Waals surface area (Å²) in [5, 5.41) is 6.83. The summed E-state index contributed by atoms with van der Waals surface area (Å²) < 4.78 is 13.3. The Labute approximate surface area is 103 Å². The molecule has 1 aromatic carbocycles. The maximum Gasteiger partial charge on any atom is 0.275 e. The first kappa shape index (κ1) is 11.0. The number of nitrogens with zero attached hydrogens (tertiary/aromatic N) is 2. The molecular weight excluding hydrogens is 233 g/mol. The fraction of sp³-hybridized carbons (Fsp3) is 0.231. The Bertz CT molecular complexity index is 635. The Morgan fingerprint density at radius 2 is 2.22 bits per heavy atom. The molecule has 1 atom stereocenters. The van der Waals surface area contributed by atoms with Gasteiger partial charge >= 0.3 is 0 Å². The van der Waals surface area contributed by atoms with Crippen LogP contribution in [0.25, 0.3) is 0 Å². The number of hydrogen-bond donors (Lipinski definition) is 1. The van der Waals surface area contributed by atoms with Gasteiger partial charge in [0.25, 0.3) is 5.91 Å². The van der Waals surface area contributed by atoms with Gasteiger partial charge in [-0.25, -0.2) is 4.39 Å². The van der Waals surface area contributed by atoms with Crippen LogP contribution in [-0.2, 0) is 0 Å². The summed E-state index contributed by atoms with van der Waals surface area (Å²) in [5.74, 6) is -0.438. The van der Waals surface area contributed by atoms with Gasteiger partial charge in [0.05, 0.1) is 6.04 Å². The van der Waals surface area contributed by atoms with E-state index in [1.165, 1.54) is 12.1 Å². The van der Waals surface area contributed by atoms with Crippen molar-refractivity contribution >= 4 is 5.91 Å². The van der Waals surface area contributed by atoms with Crippen LogP contribution in [0.2, 0.25) is 0 Å². The standard InChI is InChI=1S/C13H12FN3O/c1-7-10-11(16-15-7)13(18)17(2)12(10)8-4-3-5-9(14)6-8/h3-6,12H,1-2H3,(H,15,16)/t12-/m0/s1. The van der Waals surface area contributed by atoms with E-state index in [0.717, 1.165) is 16.8 Å². The highest BCUT2D eigenvalue weighted by Crippen LogP contribution is 2.38. The van der Waals surface area contributed by atoms with Gasteiger partial charge in [-0.05, 0) is 24.6 Å². The van der Waals surface area contributed by atoms with Crippen LogP contribution >= 0.6 is 0 Å². The second kappa shape index (κ2) is 3.66. The highest BCUT2D eigenvalue weighted by atomic mass is 19.1. The zero-order chi connectivity index (χ0) is 12.9. The predicted octanol–water partition coefficient (Wildman–Crippen LogP) is 2.03. The third-order valence-electron chi connectivity index (χ3n) is 3.34. The maximum absolute atomic E-state index is 13.3. The largest absolute Gasteiger partial charge is 0.329 e. The topological polar surface area (TPSA) is 49.0 Å². The Hall–Kier alpha value is -2.17. The molecule has 2 aromatic rings. The number of aromatic amines is 1. The van der Waals surface area contributed by atoms with Crippen molar-refractivity contribution in [3.63, 3.8) is 0 Å². The Balaban J connectivity index is 2.18. The minimum atomic E-state index is -0.303. The van der Waals surface area contributed by atoms with Gasteiger partial charge < -0.3 is 4.90 Å². The predicted molar refractivity (Wildman–Crippen MR) is 63.7 cm³/mol. The number of fused-ring (bicyclic) bond motifs is 1. The van der Waals surface area contributed by atoms with Crippen LogP contribution < -0.4 is 0 Å². The minimum Gasteiger partial charge on any atom is -0.329 e.